The molecule has 0 aliphatic rings. The van der Waals surface area contributed by atoms with E-state index in [-0.39, 0.29) is 6.04 Å². The van der Waals surface area contributed by atoms with Crippen molar-refractivity contribution in [1.29, 1.82) is 0 Å². The van der Waals surface area contributed by atoms with Crippen molar-refractivity contribution >= 4 is 27.3 Å². The number of nitrogens with two attached hydrogens (primary N) is 1. The lowest BCUT2D eigenvalue weighted by Crippen LogP contribution is -2.28. The molecule has 1 aromatic carbocycles. The van der Waals surface area contributed by atoms with Crippen LogP contribution in [0.25, 0.3) is 0 Å². The second-order valence-electron chi connectivity index (χ2n) is 4.47. The van der Waals surface area contributed by atoms with Gasteiger partial charge in [0.1, 0.15) is 0 Å². The van der Waals surface area contributed by atoms with Gasteiger partial charge in [-0.05, 0) is 45.6 Å². The number of nitrogens with zero attached hydrogens (tertiary/aromatic N) is 1. The van der Waals surface area contributed by atoms with Crippen LogP contribution < -0.4 is 5.73 Å². The molecule has 4 heteroatoms. The Morgan fingerprint density at radius 1 is 1.33 bits per heavy atom. The summed E-state index contributed by atoms with van der Waals surface area (Å²) in [5.74, 6) is 0. The van der Waals surface area contributed by atoms with Crippen molar-refractivity contribution in [2.75, 3.05) is 13.6 Å². The molecule has 18 heavy (non-hydrogen) atoms. The highest BCUT2D eigenvalue weighted by atomic mass is 79.9. The van der Waals surface area contributed by atoms with E-state index in [2.05, 4.69) is 51.5 Å². The molecule has 1 heterocycles. The SMILES string of the molecule is CN(Cc1csc(Br)c1)CC(N)c1ccccc1. The standard InChI is InChI=1S/C14H17BrN2S/c1-17(8-11-7-14(15)18-10-11)9-13(16)12-5-3-2-4-6-12/h2-7,10,13H,8-9,16H2,1H3. The van der Waals surface area contributed by atoms with Crippen LogP contribution in [0.3, 0.4) is 0 Å². The Hall–Kier alpha value is -0.680. The Kier molecular flexibility index (Phi) is 4.95. The van der Waals surface area contributed by atoms with Crippen LogP contribution in [0.15, 0.2) is 45.6 Å². The molecular weight excluding hydrogens is 308 g/mol. The van der Waals surface area contributed by atoms with Gasteiger partial charge in [-0.2, -0.15) is 0 Å². The van der Waals surface area contributed by atoms with Crippen LogP contribution in [-0.4, -0.2) is 18.5 Å². The fraction of sp³-hybridized carbons (Fsp3) is 0.286. The van der Waals surface area contributed by atoms with Gasteiger partial charge < -0.3 is 10.6 Å². The van der Waals surface area contributed by atoms with Gasteiger partial charge in [0.15, 0.2) is 0 Å². The first-order valence-corrected chi connectivity index (χ1v) is 7.54. The van der Waals surface area contributed by atoms with Crippen molar-refractivity contribution in [2.24, 2.45) is 5.73 Å². The van der Waals surface area contributed by atoms with Gasteiger partial charge in [-0.25, -0.2) is 0 Å². The topological polar surface area (TPSA) is 29.3 Å². The average Bonchev–Trinajstić information content (AvgIpc) is 2.75. The summed E-state index contributed by atoms with van der Waals surface area (Å²) < 4.78 is 1.18. The summed E-state index contributed by atoms with van der Waals surface area (Å²) in [6, 6.07) is 12.5. The maximum atomic E-state index is 6.21. The minimum atomic E-state index is 0.0678. The van der Waals surface area contributed by atoms with Crippen LogP contribution in [-0.2, 0) is 6.54 Å². The summed E-state index contributed by atoms with van der Waals surface area (Å²) >= 11 is 5.21. The number of benzene rings is 1. The van der Waals surface area contributed by atoms with E-state index in [1.54, 1.807) is 11.3 Å². The second kappa shape index (κ2) is 6.48. The number of hydrogen-bond donors (Lipinski definition) is 1. The molecule has 0 bridgehead atoms. The third-order valence-electron chi connectivity index (χ3n) is 2.81. The van der Waals surface area contributed by atoms with Gasteiger partial charge in [0, 0.05) is 19.1 Å². The molecule has 2 rings (SSSR count). The summed E-state index contributed by atoms with van der Waals surface area (Å²) in [7, 11) is 2.11. The molecule has 96 valence electrons. The van der Waals surface area contributed by atoms with Gasteiger partial charge in [-0.3, -0.25) is 0 Å². The molecule has 1 atom stereocenters. The lowest BCUT2D eigenvalue weighted by Gasteiger charge is -2.21. The zero-order chi connectivity index (χ0) is 13.0. The summed E-state index contributed by atoms with van der Waals surface area (Å²) in [6.07, 6.45) is 0. The van der Waals surface area contributed by atoms with Gasteiger partial charge in [0.25, 0.3) is 0 Å². The molecule has 0 saturated carbocycles. The molecule has 1 unspecified atom stereocenters. The maximum Gasteiger partial charge on any atom is 0.0701 e. The number of rotatable bonds is 5. The molecule has 2 aromatic rings. The third kappa shape index (κ3) is 3.92. The molecular formula is C14H17BrN2S. The smallest absolute Gasteiger partial charge is 0.0701 e. The molecule has 0 radical (unpaired) electrons. The molecule has 0 spiro atoms. The van der Waals surface area contributed by atoms with Crippen LogP contribution in [0.5, 0.6) is 0 Å². The van der Waals surface area contributed by atoms with E-state index in [9.17, 15) is 0 Å². The molecule has 0 aliphatic heterocycles. The van der Waals surface area contributed by atoms with E-state index in [4.69, 9.17) is 5.73 Å². The largest absolute Gasteiger partial charge is 0.323 e. The number of hydrogen-bond acceptors (Lipinski definition) is 3. The van der Waals surface area contributed by atoms with Gasteiger partial charge in [0.05, 0.1) is 3.79 Å². The predicted molar refractivity (Wildman–Crippen MR) is 81.7 cm³/mol. The minimum absolute atomic E-state index is 0.0678. The lowest BCUT2D eigenvalue weighted by atomic mass is 10.1. The Bertz CT molecular complexity index is 484. The number of thiophene rings is 1. The minimum Gasteiger partial charge on any atom is -0.323 e. The third-order valence-corrected chi connectivity index (χ3v) is 4.36. The Morgan fingerprint density at radius 2 is 2.06 bits per heavy atom. The molecule has 2 N–H and O–H groups in total. The highest BCUT2D eigenvalue weighted by molar-refractivity contribution is 9.11. The Balaban J connectivity index is 1.89. The van der Waals surface area contributed by atoms with Gasteiger partial charge in [-0.15, -0.1) is 11.3 Å². The van der Waals surface area contributed by atoms with Crippen molar-refractivity contribution in [3.8, 4) is 0 Å². The summed E-state index contributed by atoms with van der Waals surface area (Å²) in [5.41, 5.74) is 8.73. The number of likely N-dealkylation sites (N-methyl/N-ethyl adjacent to an activating group) is 1. The molecule has 0 aliphatic carbocycles. The zero-order valence-corrected chi connectivity index (χ0v) is 12.7. The van der Waals surface area contributed by atoms with E-state index < -0.39 is 0 Å². The normalized spacial score (nSPS) is 12.9. The Morgan fingerprint density at radius 3 is 2.67 bits per heavy atom. The van der Waals surface area contributed by atoms with Crippen molar-refractivity contribution in [3.05, 3.63) is 56.7 Å². The fourth-order valence-electron chi connectivity index (χ4n) is 1.95. The molecule has 1 aromatic heterocycles. The van der Waals surface area contributed by atoms with Crippen LogP contribution in [0, 0.1) is 0 Å². The van der Waals surface area contributed by atoms with E-state index >= 15 is 0 Å². The van der Waals surface area contributed by atoms with Crippen LogP contribution in [0.4, 0.5) is 0 Å². The zero-order valence-electron chi connectivity index (χ0n) is 10.3. The van der Waals surface area contributed by atoms with Gasteiger partial charge in [-0.1, -0.05) is 30.3 Å². The van der Waals surface area contributed by atoms with Crippen molar-refractivity contribution < 1.29 is 0 Å². The van der Waals surface area contributed by atoms with Crippen molar-refractivity contribution in [2.45, 2.75) is 12.6 Å². The summed E-state index contributed by atoms with van der Waals surface area (Å²) in [6.45, 7) is 1.79. The summed E-state index contributed by atoms with van der Waals surface area (Å²) in [5, 5.41) is 2.18. The van der Waals surface area contributed by atoms with E-state index in [0.29, 0.717) is 0 Å². The van der Waals surface area contributed by atoms with Crippen LogP contribution in [0.1, 0.15) is 17.2 Å². The second-order valence-corrected chi connectivity index (χ2v) is 6.76. The highest BCUT2D eigenvalue weighted by Gasteiger charge is 2.09. The predicted octanol–water partition coefficient (Wildman–Crippen LogP) is 3.64. The van der Waals surface area contributed by atoms with Gasteiger partial charge >= 0.3 is 0 Å². The van der Waals surface area contributed by atoms with E-state index in [0.717, 1.165) is 13.1 Å². The van der Waals surface area contributed by atoms with E-state index in [1.165, 1.54) is 14.9 Å². The van der Waals surface area contributed by atoms with Crippen LogP contribution in [0.2, 0.25) is 0 Å². The first-order valence-electron chi connectivity index (χ1n) is 5.87. The molecule has 0 saturated heterocycles. The van der Waals surface area contributed by atoms with Crippen molar-refractivity contribution in [1.82, 2.24) is 4.90 Å². The first-order chi connectivity index (χ1) is 8.65. The van der Waals surface area contributed by atoms with Gasteiger partial charge in [0.2, 0.25) is 0 Å². The van der Waals surface area contributed by atoms with Crippen molar-refractivity contribution in [3.63, 3.8) is 0 Å². The fourth-order valence-corrected chi connectivity index (χ4v) is 3.15. The highest BCUT2D eigenvalue weighted by Crippen LogP contribution is 2.22. The quantitative estimate of drug-likeness (QED) is 0.909. The molecule has 0 amide bonds. The average molecular weight is 325 g/mol. The lowest BCUT2D eigenvalue weighted by molar-refractivity contribution is 0.305. The Labute approximate surface area is 121 Å². The van der Waals surface area contributed by atoms with E-state index in [1.807, 2.05) is 18.2 Å². The molecule has 2 nitrogen and oxygen atoms in total. The summed E-state index contributed by atoms with van der Waals surface area (Å²) in [4.78, 5) is 2.26. The monoisotopic (exact) mass is 324 g/mol. The maximum absolute atomic E-state index is 6.21. The first kappa shape index (κ1) is 13.7. The number of halogens is 1. The molecule has 0 fully saturated rings. The van der Waals surface area contributed by atoms with Crippen LogP contribution >= 0.6 is 27.3 Å².